The molecule has 0 amide bonds. The fourth-order valence-corrected chi connectivity index (χ4v) is 5.02. The highest BCUT2D eigenvalue weighted by atomic mass is 35.5. The fourth-order valence-electron chi connectivity index (χ4n) is 5.02. The molecule has 3 N–H and O–H groups in total. The predicted octanol–water partition coefficient (Wildman–Crippen LogP) is 5.02. The van der Waals surface area contributed by atoms with Crippen LogP contribution in [0.4, 0.5) is 17.5 Å². The van der Waals surface area contributed by atoms with Crippen LogP contribution in [-0.4, -0.2) is 43.1 Å². The second-order valence-corrected chi connectivity index (χ2v) is 8.84. The largest absolute Gasteiger partial charge is 0.351 e. The third-order valence-corrected chi connectivity index (χ3v) is 6.76. The van der Waals surface area contributed by atoms with Gasteiger partial charge in [-0.1, -0.05) is 12.8 Å². The Morgan fingerprint density at radius 1 is 1.09 bits per heavy atom. The van der Waals surface area contributed by atoms with Gasteiger partial charge in [-0.3, -0.25) is 4.98 Å². The van der Waals surface area contributed by atoms with E-state index in [1.807, 2.05) is 18.6 Å². The Morgan fingerprint density at radius 2 is 1.85 bits per heavy atom. The second kappa shape index (κ2) is 11.3. The first-order chi connectivity index (χ1) is 15.2. The fraction of sp³-hybridized carbons (Fsp3) is 0.565. The second-order valence-electron chi connectivity index (χ2n) is 8.84. The lowest BCUT2D eigenvalue weighted by Gasteiger charge is -2.28. The number of nitrogens with two attached hydrogens (primary N) is 1. The average Bonchev–Trinajstić information content (AvgIpc) is 3.46. The number of hydrogen-bond donors (Lipinski definition) is 2. The van der Waals surface area contributed by atoms with Gasteiger partial charge in [-0.15, -0.1) is 24.8 Å². The van der Waals surface area contributed by atoms with E-state index in [1.54, 1.807) is 6.20 Å². The Kier molecular flexibility index (Phi) is 8.73. The molecule has 10 heteroatoms. The van der Waals surface area contributed by atoms with Gasteiger partial charge in [0, 0.05) is 30.9 Å². The Hall–Kier alpha value is -2.16. The van der Waals surface area contributed by atoms with Crippen molar-refractivity contribution in [2.24, 2.45) is 5.73 Å². The zero-order chi connectivity index (χ0) is 21.2. The molecule has 5 rings (SSSR count). The highest BCUT2D eigenvalue weighted by Crippen LogP contribution is 2.35. The van der Waals surface area contributed by atoms with Gasteiger partial charge in [-0.25, -0.2) is 4.98 Å². The molecule has 3 aromatic rings. The van der Waals surface area contributed by atoms with Crippen LogP contribution in [-0.2, 0) is 0 Å². The van der Waals surface area contributed by atoms with Gasteiger partial charge >= 0.3 is 0 Å². The van der Waals surface area contributed by atoms with Gasteiger partial charge in [0.1, 0.15) is 0 Å². The van der Waals surface area contributed by atoms with Crippen LogP contribution in [0.2, 0.25) is 0 Å². The molecule has 0 bridgehead atoms. The van der Waals surface area contributed by atoms with Crippen molar-refractivity contribution in [3.63, 3.8) is 0 Å². The number of pyridine rings is 1. The van der Waals surface area contributed by atoms with Crippen molar-refractivity contribution in [2.45, 2.75) is 76.4 Å². The van der Waals surface area contributed by atoms with E-state index in [9.17, 15) is 0 Å². The van der Waals surface area contributed by atoms with E-state index < -0.39 is 0 Å². The molecule has 3 aromatic heterocycles. The zero-order valence-electron chi connectivity index (χ0n) is 19.1. The van der Waals surface area contributed by atoms with Crippen LogP contribution in [0.25, 0.3) is 11.2 Å². The van der Waals surface area contributed by atoms with Crippen LogP contribution in [0, 0.1) is 0 Å². The van der Waals surface area contributed by atoms with Crippen molar-refractivity contribution in [3.05, 3.63) is 30.9 Å². The highest BCUT2D eigenvalue weighted by molar-refractivity contribution is 5.87. The SMILES string of the molecule is CCN(c1cccnc1)c1nc(NC2CCC(N)CC2)nc2c1ncn2C1CCCC1.Cl.Cl. The number of imidazole rings is 1. The molecule has 2 saturated carbocycles. The van der Waals surface area contributed by atoms with Crippen molar-refractivity contribution in [3.8, 4) is 0 Å². The number of halogens is 2. The summed E-state index contributed by atoms with van der Waals surface area (Å²) in [5.74, 6) is 1.53. The number of rotatable bonds is 6. The van der Waals surface area contributed by atoms with Crippen LogP contribution in [0.5, 0.6) is 0 Å². The summed E-state index contributed by atoms with van der Waals surface area (Å²) in [6.07, 6.45) is 14.7. The third kappa shape index (κ3) is 5.34. The van der Waals surface area contributed by atoms with E-state index in [4.69, 9.17) is 20.7 Å². The van der Waals surface area contributed by atoms with Crippen LogP contribution < -0.4 is 16.0 Å². The molecule has 2 aliphatic rings. The van der Waals surface area contributed by atoms with Gasteiger partial charge in [0.2, 0.25) is 5.95 Å². The van der Waals surface area contributed by atoms with E-state index in [-0.39, 0.29) is 24.8 Å². The summed E-state index contributed by atoms with van der Waals surface area (Å²) in [6.45, 7) is 2.90. The van der Waals surface area contributed by atoms with Crippen molar-refractivity contribution in [1.29, 1.82) is 0 Å². The number of hydrogen-bond acceptors (Lipinski definition) is 7. The van der Waals surface area contributed by atoms with Crippen LogP contribution in [0.3, 0.4) is 0 Å². The number of anilines is 3. The topological polar surface area (TPSA) is 97.8 Å². The van der Waals surface area contributed by atoms with Crippen LogP contribution in [0.15, 0.2) is 30.9 Å². The molecule has 0 saturated heterocycles. The van der Waals surface area contributed by atoms with E-state index >= 15 is 0 Å². The molecule has 0 aromatic carbocycles. The molecular weight excluding hydrogens is 459 g/mol. The summed E-state index contributed by atoms with van der Waals surface area (Å²) < 4.78 is 2.27. The quantitative estimate of drug-likeness (QED) is 0.498. The lowest BCUT2D eigenvalue weighted by molar-refractivity contribution is 0.410. The smallest absolute Gasteiger partial charge is 0.227 e. The molecule has 33 heavy (non-hydrogen) atoms. The molecule has 2 aliphatic carbocycles. The first-order valence-corrected chi connectivity index (χ1v) is 11.7. The molecule has 0 spiro atoms. The minimum Gasteiger partial charge on any atom is -0.351 e. The summed E-state index contributed by atoms with van der Waals surface area (Å²) in [5.41, 5.74) is 8.89. The Balaban J connectivity index is 0.00000153. The summed E-state index contributed by atoms with van der Waals surface area (Å²) in [5, 5.41) is 3.61. The first-order valence-electron chi connectivity index (χ1n) is 11.7. The monoisotopic (exact) mass is 492 g/mol. The molecule has 0 atom stereocenters. The normalized spacial score (nSPS) is 20.8. The van der Waals surface area contributed by atoms with Gasteiger partial charge in [0.05, 0.1) is 18.2 Å². The molecule has 2 fully saturated rings. The molecule has 3 heterocycles. The van der Waals surface area contributed by atoms with Crippen molar-refractivity contribution < 1.29 is 0 Å². The average molecular weight is 493 g/mol. The van der Waals surface area contributed by atoms with Crippen LogP contribution >= 0.6 is 24.8 Å². The molecule has 180 valence electrons. The number of fused-ring (bicyclic) bond motifs is 1. The number of aromatic nitrogens is 5. The maximum Gasteiger partial charge on any atom is 0.227 e. The lowest BCUT2D eigenvalue weighted by Crippen LogP contribution is -2.33. The van der Waals surface area contributed by atoms with E-state index in [0.29, 0.717) is 24.1 Å². The lowest BCUT2D eigenvalue weighted by atomic mass is 9.92. The molecular formula is C23H34Cl2N8. The number of nitrogens with one attached hydrogen (secondary N) is 1. The van der Waals surface area contributed by atoms with Gasteiger partial charge in [-0.2, -0.15) is 9.97 Å². The van der Waals surface area contributed by atoms with Gasteiger partial charge in [0.15, 0.2) is 17.0 Å². The maximum atomic E-state index is 6.10. The molecule has 0 radical (unpaired) electrons. The molecule has 0 aliphatic heterocycles. The third-order valence-electron chi connectivity index (χ3n) is 6.76. The van der Waals surface area contributed by atoms with Crippen LogP contribution in [0.1, 0.15) is 64.3 Å². The Bertz CT molecular complexity index is 1010. The van der Waals surface area contributed by atoms with E-state index in [1.165, 1.54) is 25.7 Å². The standard InChI is InChI=1S/C23H32N8.2ClH/c1-2-30(19-8-5-13-25-14-19)21-20-22(31(15-26-20)18-6-3-4-7-18)29-23(28-21)27-17-11-9-16(24)10-12-17;;/h5,8,13-18H,2-4,6-7,9-12,24H2,1H3,(H,27,28,29);2*1H. The Morgan fingerprint density at radius 3 is 2.52 bits per heavy atom. The predicted molar refractivity (Wildman–Crippen MR) is 138 cm³/mol. The number of nitrogens with zero attached hydrogens (tertiary/aromatic N) is 6. The first kappa shape index (κ1) is 25.5. The van der Waals surface area contributed by atoms with E-state index in [0.717, 1.165) is 54.9 Å². The zero-order valence-corrected chi connectivity index (χ0v) is 20.7. The summed E-state index contributed by atoms with van der Waals surface area (Å²) in [7, 11) is 0. The van der Waals surface area contributed by atoms with E-state index in [2.05, 4.69) is 32.8 Å². The van der Waals surface area contributed by atoms with Gasteiger partial charge < -0.3 is 20.5 Å². The highest BCUT2D eigenvalue weighted by Gasteiger charge is 2.25. The summed E-state index contributed by atoms with van der Waals surface area (Å²) >= 11 is 0. The maximum absolute atomic E-state index is 6.10. The van der Waals surface area contributed by atoms with Gasteiger partial charge in [0.25, 0.3) is 0 Å². The molecule has 8 nitrogen and oxygen atoms in total. The minimum atomic E-state index is 0. The summed E-state index contributed by atoms with van der Waals surface area (Å²) in [4.78, 5) is 21.2. The Labute approximate surface area is 207 Å². The molecule has 0 unspecified atom stereocenters. The minimum absolute atomic E-state index is 0. The van der Waals surface area contributed by atoms with Crippen molar-refractivity contribution in [2.75, 3.05) is 16.8 Å². The van der Waals surface area contributed by atoms with Crippen molar-refractivity contribution >= 4 is 53.4 Å². The van der Waals surface area contributed by atoms with Crippen molar-refractivity contribution in [1.82, 2.24) is 24.5 Å². The van der Waals surface area contributed by atoms with Gasteiger partial charge in [-0.05, 0) is 57.6 Å². The summed E-state index contributed by atoms with van der Waals surface area (Å²) in [6, 6.07) is 5.18.